The van der Waals surface area contributed by atoms with Gasteiger partial charge < -0.3 is 25.8 Å². The maximum atomic E-state index is 12.1. The van der Waals surface area contributed by atoms with E-state index in [4.69, 9.17) is 27.8 Å². The van der Waals surface area contributed by atoms with Gasteiger partial charge in [0.15, 0.2) is 5.82 Å². The van der Waals surface area contributed by atoms with Gasteiger partial charge in [0.05, 0.1) is 6.04 Å². The Labute approximate surface area is 222 Å². The summed E-state index contributed by atoms with van der Waals surface area (Å²) in [6, 6.07) is 3.88. The van der Waals surface area contributed by atoms with Crippen LogP contribution in [0.15, 0.2) is 24.8 Å². The Bertz CT molecular complexity index is 1290. The number of halogens is 1. The maximum Gasteiger partial charge on any atom is 0.246 e. The van der Waals surface area contributed by atoms with E-state index in [-0.39, 0.29) is 29.3 Å². The number of piperazine rings is 1. The highest BCUT2D eigenvalue weighted by atomic mass is 35.5. The number of nitrogens with two attached hydrogens (primary N) is 1. The number of hydrogen-bond donors (Lipinski definition) is 2. The van der Waals surface area contributed by atoms with Gasteiger partial charge in [-0.15, -0.1) is 0 Å². The minimum absolute atomic E-state index is 0.0124. The SMILES string of the molecule is C=CC(=O)N1CC2(CC(n3nc(N4CCN(C(C)=O)CC4)c(-c4c(Cl)ccc(N)c4C=N)c3C)C2)C1C. The van der Waals surface area contributed by atoms with Gasteiger partial charge >= 0.3 is 0 Å². The first-order valence-corrected chi connectivity index (χ1v) is 13.1. The summed E-state index contributed by atoms with van der Waals surface area (Å²) >= 11 is 6.74. The Balaban J connectivity index is 1.51. The Morgan fingerprint density at radius 2 is 1.89 bits per heavy atom. The van der Waals surface area contributed by atoms with E-state index in [1.54, 1.807) is 19.1 Å². The van der Waals surface area contributed by atoms with Crippen LogP contribution in [-0.4, -0.2) is 76.4 Å². The van der Waals surface area contributed by atoms with Crippen LogP contribution in [0.2, 0.25) is 5.02 Å². The van der Waals surface area contributed by atoms with E-state index in [1.165, 1.54) is 12.3 Å². The number of anilines is 2. The topological polar surface area (TPSA) is 112 Å². The summed E-state index contributed by atoms with van der Waals surface area (Å²) in [4.78, 5) is 30.0. The zero-order chi connectivity index (χ0) is 26.6. The van der Waals surface area contributed by atoms with Gasteiger partial charge in [0.2, 0.25) is 11.8 Å². The van der Waals surface area contributed by atoms with Crippen LogP contribution in [0.5, 0.6) is 0 Å². The molecule has 1 aromatic heterocycles. The lowest BCUT2D eigenvalue weighted by molar-refractivity contribution is -0.167. The largest absolute Gasteiger partial charge is 0.398 e. The molecular formula is C27H34ClN7O2. The van der Waals surface area contributed by atoms with E-state index >= 15 is 0 Å². The second kappa shape index (κ2) is 9.20. The number of aromatic nitrogens is 2. The van der Waals surface area contributed by atoms with Gasteiger partial charge in [0.25, 0.3) is 0 Å². The van der Waals surface area contributed by atoms with E-state index in [0.29, 0.717) is 42.5 Å². The number of amides is 2. The van der Waals surface area contributed by atoms with E-state index in [2.05, 4.69) is 23.1 Å². The molecule has 3 fully saturated rings. The molecule has 1 aromatic carbocycles. The predicted octanol–water partition coefficient (Wildman–Crippen LogP) is 3.50. The molecular weight excluding hydrogens is 490 g/mol. The molecule has 2 aromatic rings. The highest BCUT2D eigenvalue weighted by molar-refractivity contribution is 6.34. The van der Waals surface area contributed by atoms with Crippen molar-refractivity contribution in [2.24, 2.45) is 5.41 Å². The highest BCUT2D eigenvalue weighted by Gasteiger charge is 2.59. The molecule has 10 heteroatoms. The van der Waals surface area contributed by atoms with Crippen molar-refractivity contribution in [1.29, 1.82) is 5.41 Å². The molecule has 196 valence electrons. The Morgan fingerprint density at radius 1 is 1.22 bits per heavy atom. The van der Waals surface area contributed by atoms with Crippen molar-refractivity contribution in [2.75, 3.05) is 43.4 Å². The normalized spacial score (nSPS) is 25.0. The molecule has 2 amide bonds. The van der Waals surface area contributed by atoms with Gasteiger partial charge in [-0.25, -0.2) is 0 Å². The molecule has 37 heavy (non-hydrogen) atoms. The summed E-state index contributed by atoms with van der Waals surface area (Å²) < 4.78 is 2.10. The molecule has 5 rings (SSSR count). The number of benzene rings is 1. The van der Waals surface area contributed by atoms with Crippen molar-refractivity contribution in [2.45, 2.75) is 45.7 Å². The zero-order valence-electron chi connectivity index (χ0n) is 21.6. The van der Waals surface area contributed by atoms with Crippen molar-refractivity contribution in [3.63, 3.8) is 0 Å². The number of hydrogen-bond acceptors (Lipinski definition) is 6. The molecule has 1 aliphatic carbocycles. The highest BCUT2D eigenvalue weighted by Crippen LogP contribution is 2.58. The summed E-state index contributed by atoms with van der Waals surface area (Å²) in [6.45, 7) is 12.7. The quantitative estimate of drug-likeness (QED) is 0.354. The van der Waals surface area contributed by atoms with Crippen LogP contribution < -0.4 is 10.6 Å². The number of carbonyl (C=O) groups is 2. The lowest BCUT2D eigenvalue weighted by Gasteiger charge is -2.63. The first kappa shape index (κ1) is 25.3. The van der Waals surface area contributed by atoms with Crippen LogP contribution in [0.1, 0.15) is 44.0 Å². The van der Waals surface area contributed by atoms with Crippen LogP contribution in [0, 0.1) is 17.7 Å². The molecule has 2 aliphatic heterocycles. The molecule has 3 N–H and O–H groups in total. The van der Waals surface area contributed by atoms with E-state index in [0.717, 1.165) is 42.0 Å². The second-order valence-corrected chi connectivity index (χ2v) is 11.0. The standard InChI is InChI=1S/C27H34ClN7O2/c1-5-23(37)34-15-27(17(34)3)12-19(13-27)35-16(2)24(25-20(14-29)22(30)7-6-21(25)28)26(31-35)33-10-8-32(9-11-33)18(4)36/h5-7,14,17,19,29H,1,8-13,15,30H2,2-4H3. The minimum atomic E-state index is -0.0124. The summed E-state index contributed by atoms with van der Waals surface area (Å²) in [5.41, 5.74) is 10.0. The van der Waals surface area contributed by atoms with Crippen molar-refractivity contribution < 1.29 is 9.59 Å². The van der Waals surface area contributed by atoms with Crippen LogP contribution in [0.4, 0.5) is 11.5 Å². The molecule has 1 atom stereocenters. The lowest BCUT2D eigenvalue weighted by Crippen LogP contribution is -2.69. The van der Waals surface area contributed by atoms with E-state index < -0.39 is 0 Å². The van der Waals surface area contributed by atoms with Crippen molar-refractivity contribution in [3.8, 4) is 11.1 Å². The molecule has 0 bridgehead atoms. The Hall–Kier alpha value is -3.33. The molecule has 0 radical (unpaired) electrons. The van der Waals surface area contributed by atoms with E-state index in [9.17, 15) is 9.59 Å². The van der Waals surface area contributed by atoms with Crippen molar-refractivity contribution >= 4 is 41.1 Å². The van der Waals surface area contributed by atoms with Crippen LogP contribution >= 0.6 is 11.6 Å². The Morgan fingerprint density at radius 3 is 2.46 bits per heavy atom. The Kier molecular flexibility index (Phi) is 6.30. The fraction of sp³-hybridized carbons (Fsp3) is 0.481. The van der Waals surface area contributed by atoms with Gasteiger partial charge in [-0.2, -0.15) is 5.10 Å². The fourth-order valence-corrected chi connectivity index (χ4v) is 6.62. The first-order valence-electron chi connectivity index (χ1n) is 12.7. The molecule has 3 aliphatic rings. The molecule has 1 spiro atoms. The third-order valence-corrected chi connectivity index (χ3v) is 9.02. The van der Waals surface area contributed by atoms with Gasteiger partial charge in [-0.05, 0) is 44.9 Å². The smallest absolute Gasteiger partial charge is 0.246 e. The zero-order valence-corrected chi connectivity index (χ0v) is 22.4. The summed E-state index contributed by atoms with van der Waals surface area (Å²) in [5.74, 6) is 0.869. The first-order chi connectivity index (χ1) is 17.6. The number of rotatable bonds is 5. The molecule has 2 saturated heterocycles. The van der Waals surface area contributed by atoms with Crippen LogP contribution in [0.25, 0.3) is 11.1 Å². The number of nitrogens with one attached hydrogen (secondary N) is 1. The second-order valence-electron chi connectivity index (χ2n) is 10.6. The van der Waals surface area contributed by atoms with Gasteiger partial charge in [-0.1, -0.05) is 18.2 Å². The third kappa shape index (κ3) is 3.91. The fourth-order valence-electron chi connectivity index (χ4n) is 6.36. The molecule has 3 heterocycles. The maximum absolute atomic E-state index is 12.1. The number of nitrogen functional groups attached to an aromatic ring is 1. The average Bonchev–Trinajstić information content (AvgIpc) is 3.19. The average molecular weight is 524 g/mol. The number of carbonyl (C=O) groups excluding carboxylic acids is 2. The van der Waals surface area contributed by atoms with Crippen LogP contribution in [0.3, 0.4) is 0 Å². The van der Waals surface area contributed by atoms with Crippen molar-refractivity contribution in [3.05, 3.63) is 41.1 Å². The summed E-state index contributed by atoms with van der Waals surface area (Å²) in [7, 11) is 0. The molecule has 1 saturated carbocycles. The predicted molar refractivity (Wildman–Crippen MR) is 146 cm³/mol. The summed E-state index contributed by atoms with van der Waals surface area (Å²) in [6.07, 6.45) is 4.52. The van der Waals surface area contributed by atoms with Gasteiger partial charge in [0, 0.05) is 90.4 Å². The number of likely N-dealkylation sites (tertiary alicyclic amines) is 1. The van der Waals surface area contributed by atoms with Gasteiger partial charge in [0.1, 0.15) is 0 Å². The summed E-state index contributed by atoms with van der Waals surface area (Å²) in [5, 5.41) is 13.7. The van der Waals surface area contributed by atoms with Gasteiger partial charge in [-0.3, -0.25) is 14.3 Å². The van der Waals surface area contributed by atoms with Crippen molar-refractivity contribution in [1.82, 2.24) is 19.6 Å². The lowest BCUT2D eigenvalue weighted by atomic mass is 9.56. The molecule has 9 nitrogen and oxygen atoms in total. The molecule has 1 unspecified atom stereocenters. The minimum Gasteiger partial charge on any atom is -0.398 e. The van der Waals surface area contributed by atoms with Crippen LogP contribution in [-0.2, 0) is 9.59 Å². The third-order valence-electron chi connectivity index (χ3n) is 8.71. The number of nitrogens with zero attached hydrogens (tertiary/aromatic N) is 5. The van der Waals surface area contributed by atoms with E-state index in [1.807, 2.05) is 16.7 Å². The monoisotopic (exact) mass is 523 g/mol.